The molecule has 7 heteroatoms. The molecule has 0 spiro atoms. The lowest BCUT2D eigenvalue weighted by molar-refractivity contribution is -0.142. The minimum absolute atomic E-state index is 0.00364. The SMILES string of the molecule is C=C(O)/C(Br)=C\C(C)(CC)Oc1cc(C(=O)OCC)ccc1CC(=O)OCC. The summed E-state index contributed by atoms with van der Waals surface area (Å²) in [6.45, 7) is 11.2. The molecule has 0 saturated heterocycles. The Morgan fingerprint density at radius 1 is 1.21 bits per heavy atom. The van der Waals surface area contributed by atoms with Gasteiger partial charge in [0.15, 0.2) is 0 Å². The third-order valence-corrected chi connectivity index (χ3v) is 4.66. The van der Waals surface area contributed by atoms with E-state index in [4.69, 9.17) is 14.2 Å². The van der Waals surface area contributed by atoms with Crippen LogP contribution in [0.15, 0.2) is 41.1 Å². The zero-order chi connectivity index (χ0) is 21.3. The number of carbonyl (C=O) groups excluding carboxylic acids is 2. The standard InChI is InChI=1S/C21H27BrO6/c1-6-21(5,13-17(22)14(4)23)28-18-11-16(20(25)27-8-3)10-9-15(18)12-19(24)26-7-2/h9-11,13,23H,4,6-8,12H2,1-3,5H3/b17-13+. The van der Waals surface area contributed by atoms with E-state index in [1.54, 1.807) is 38.1 Å². The average Bonchev–Trinajstić information content (AvgIpc) is 2.63. The largest absolute Gasteiger partial charge is 0.507 e. The van der Waals surface area contributed by atoms with E-state index in [1.165, 1.54) is 0 Å². The zero-order valence-electron chi connectivity index (χ0n) is 16.7. The quantitative estimate of drug-likeness (QED) is 0.308. The number of rotatable bonds is 10. The van der Waals surface area contributed by atoms with Gasteiger partial charge in [-0.05, 0) is 61.3 Å². The summed E-state index contributed by atoms with van der Waals surface area (Å²) in [5.74, 6) is -0.637. The van der Waals surface area contributed by atoms with Gasteiger partial charge in [0.05, 0.1) is 29.7 Å². The van der Waals surface area contributed by atoms with Crippen LogP contribution in [0.2, 0.25) is 0 Å². The van der Waals surface area contributed by atoms with Crippen molar-refractivity contribution in [3.8, 4) is 5.75 Å². The van der Waals surface area contributed by atoms with E-state index in [1.807, 2.05) is 13.8 Å². The number of carbonyl (C=O) groups is 2. The Morgan fingerprint density at radius 2 is 1.86 bits per heavy atom. The third kappa shape index (κ3) is 7.03. The molecule has 0 aliphatic carbocycles. The van der Waals surface area contributed by atoms with Crippen molar-refractivity contribution in [2.45, 2.75) is 46.1 Å². The Labute approximate surface area is 174 Å². The van der Waals surface area contributed by atoms with E-state index in [9.17, 15) is 14.7 Å². The molecular weight excluding hydrogens is 428 g/mol. The summed E-state index contributed by atoms with van der Waals surface area (Å²) in [6.07, 6.45) is 2.24. The number of hydrogen-bond acceptors (Lipinski definition) is 6. The lowest BCUT2D eigenvalue weighted by atomic mass is 10.0. The van der Waals surface area contributed by atoms with Crippen LogP contribution in [0.4, 0.5) is 0 Å². The fourth-order valence-electron chi connectivity index (χ4n) is 2.31. The highest BCUT2D eigenvalue weighted by Crippen LogP contribution is 2.31. The lowest BCUT2D eigenvalue weighted by Crippen LogP contribution is -2.30. The van der Waals surface area contributed by atoms with Crippen LogP contribution < -0.4 is 4.74 Å². The first kappa shape index (κ1) is 23.8. The fraction of sp³-hybridized carbons (Fsp3) is 0.429. The van der Waals surface area contributed by atoms with Gasteiger partial charge in [0.25, 0.3) is 0 Å². The molecule has 1 N–H and O–H groups in total. The van der Waals surface area contributed by atoms with Crippen LogP contribution in [0.1, 0.15) is 50.0 Å². The molecule has 1 aromatic rings. The molecule has 0 fully saturated rings. The first-order valence-corrected chi connectivity index (χ1v) is 9.86. The second-order valence-corrected chi connectivity index (χ2v) is 7.09. The molecule has 1 rings (SSSR count). The summed E-state index contributed by atoms with van der Waals surface area (Å²) in [6, 6.07) is 4.79. The monoisotopic (exact) mass is 454 g/mol. The average molecular weight is 455 g/mol. The van der Waals surface area contributed by atoms with Gasteiger partial charge in [-0.1, -0.05) is 19.6 Å². The van der Waals surface area contributed by atoms with Gasteiger partial charge in [0.1, 0.15) is 17.1 Å². The molecule has 0 heterocycles. The van der Waals surface area contributed by atoms with Crippen molar-refractivity contribution in [3.05, 3.63) is 52.2 Å². The molecule has 0 aliphatic rings. The first-order chi connectivity index (χ1) is 13.2. The molecule has 154 valence electrons. The minimum atomic E-state index is -0.832. The normalized spacial score (nSPS) is 13.4. The van der Waals surface area contributed by atoms with Gasteiger partial charge >= 0.3 is 11.9 Å². The number of hydrogen-bond donors (Lipinski definition) is 1. The van der Waals surface area contributed by atoms with E-state index in [2.05, 4.69) is 22.5 Å². The van der Waals surface area contributed by atoms with Gasteiger partial charge in [-0.3, -0.25) is 4.79 Å². The van der Waals surface area contributed by atoms with Crippen molar-refractivity contribution in [1.29, 1.82) is 0 Å². The number of aliphatic hydroxyl groups is 1. The van der Waals surface area contributed by atoms with Crippen molar-refractivity contribution in [2.75, 3.05) is 13.2 Å². The molecule has 1 unspecified atom stereocenters. The Morgan fingerprint density at radius 3 is 2.39 bits per heavy atom. The van der Waals surface area contributed by atoms with Crippen LogP contribution >= 0.6 is 15.9 Å². The van der Waals surface area contributed by atoms with Crippen LogP contribution in [0, 0.1) is 0 Å². The van der Waals surface area contributed by atoms with Crippen LogP contribution in [0.25, 0.3) is 0 Å². The van der Waals surface area contributed by atoms with Crippen molar-refractivity contribution in [3.63, 3.8) is 0 Å². The van der Waals surface area contributed by atoms with Gasteiger partial charge < -0.3 is 19.3 Å². The van der Waals surface area contributed by atoms with E-state index in [0.717, 1.165) is 0 Å². The maximum absolute atomic E-state index is 12.1. The number of halogens is 1. The molecule has 6 nitrogen and oxygen atoms in total. The van der Waals surface area contributed by atoms with Crippen molar-refractivity contribution < 1.29 is 28.9 Å². The van der Waals surface area contributed by atoms with Crippen molar-refractivity contribution in [1.82, 2.24) is 0 Å². The predicted octanol–water partition coefficient (Wildman–Crippen LogP) is 4.87. The van der Waals surface area contributed by atoms with E-state index in [-0.39, 0.29) is 25.4 Å². The minimum Gasteiger partial charge on any atom is -0.507 e. The Hall–Kier alpha value is -2.28. The Kier molecular flexibility index (Phi) is 9.25. The molecule has 0 aliphatic heterocycles. The molecule has 1 aromatic carbocycles. The number of aliphatic hydroxyl groups excluding tert-OH is 1. The van der Waals surface area contributed by atoms with E-state index in [0.29, 0.717) is 27.8 Å². The number of benzene rings is 1. The van der Waals surface area contributed by atoms with Gasteiger partial charge in [-0.15, -0.1) is 0 Å². The van der Waals surface area contributed by atoms with Crippen LogP contribution in [0.5, 0.6) is 5.75 Å². The number of allylic oxidation sites excluding steroid dienone is 1. The summed E-state index contributed by atoms with van der Waals surface area (Å²) >= 11 is 3.25. The second kappa shape index (κ2) is 10.9. The second-order valence-electron chi connectivity index (χ2n) is 6.23. The summed E-state index contributed by atoms with van der Waals surface area (Å²) in [5, 5.41) is 9.57. The number of ether oxygens (including phenoxy) is 3. The van der Waals surface area contributed by atoms with Crippen LogP contribution in [0.3, 0.4) is 0 Å². The molecule has 0 saturated carbocycles. The summed E-state index contributed by atoms with van der Waals surface area (Å²) in [4.78, 5) is 24.1. The highest BCUT2D eigenvalue weighted by atomic mass is 79.9. The molecule has 28 heavy (non-hydrogen) atoms. The smallest absolute Gasteiger partial charge is 0.338 e. The van der Waals surface area contributed by atoms with E-state index >= 15 is 0 Å². The van der Waals surface area contributed by atoms with Crippen molar-refractivity contribution in [2.24, 2.45) is 0 Å². The third-order valence-electron chi connectivity index (χ3n) is 3.97. The van der Waals surface area contributed by atoms with E-state index < -0.39 is 17.5 Å². The Balaban J connectivity index is 3.34. The summed E-state index contributed by atoms with van der Waals surface area (Å²) in [5.41, 5.74) is 0.0670. The highest BCUT2D eigenvalue weighted by molar-refractivity contribution is 9.11. The maximum Gasteiger partial charge on any atom is 0.338 e. The highest BCUT2D eigenvalue weighted by Gasteiger charge is 2.25. The van der Waals surface area contributed by atoms with Gasteiger partial charge in [0, 0.05) is 5.56 Å². The fourth-order valence-corrected chi connectivity index (χ4v) is 2.80. The van der Waals surface area contributed by atoms with Crippen LogP contribution in [-0.2, 0) is 20.7 Å². The predicted molar refractivity (Wildman–Crippen MR) is 111 cm³/mol. The molecule has 0 aromatic heterocycles. The van der Waals surface area contributed by atoms with Gasteiger partial charge in [-0.2, -0.15) is 0 Å². The topological polar surface area (TPSA) is 82.1 Å². The van der Waals surface area contributed by atoms with Gasteiger partial charge in [0.2, 0.25) is 0 Å². The Bertz CT molecular complexity index is 755. The maximum atomic E-state index is 12.1. The molecule has 0 bridgehead atoms. The first-order valence-electron chi connectivity index (χ1n) is 9.07. The zero-order valence-corrected chi connectivity index (χ0v) is 18.3. The summed E-state index contributed by atoms with van der Waals surface area (Å²) in [7, 11) is 0. The molecular formula is C21H27BrO6. The summed E-state index contributed by atoms with van der Waals surface area (Å²) < 4.78 is 16.6. The molecule has 1 atom stereocenters. The molecule has 0 amide bonds. The lowest BCUT2D eigenvalue weighted by Gasteiger charge is -2.28. The van der Waals surface area contributed by atoms with Crippen molar-refractivity contribution >= 4 is 27.9 Å². The molecule has 0 radical (unpaired) electrons. The van der Waals surface area contributed by atoms with Gasteiger partial charge in [-0.25, -0.2) is 4.79 Å². The van der Waals surface area contributed by atoms with Crippen LogP contribution in [-0.4, -0.2) is 35.9 Å². The number of esters is 2.